The average molecular weight is 349 g/mol. The Morgan fingerprint density at radius 3 is 2.36 bits per heavy atom. The Morgan fingerprint density at radius 1 is 1.20 bits per heavy atom. The second kappa shape index (κ2) is 9.90. The van der Waals surface area contributed by atoms with E-state index in [1.165, 1.54) is 6.92 Å². The van der Waals surface area contributed by atoms with E-state index in [2.05, 4.69) is 15.6 Å². The molecule has 8 nitrogen and oxygen atoms in total. The summed E-state index contributed by atoms with van der Waals surface area (Å²) in [6, 6.07) is 1.53. The lowest BCUT2D eigenvalue weighted by atomic mass is 9.77. The molecule has 1 aromatic rings. The third kappa shape index (κ3) is 7.44. The van der Waals surface area contributed by atoms with Crippen LogP contribution in [0, 0.1) is 5.92 Å². The standard InChI is InChI=1S/C16H24BN3O5/c1-10(2)7-13(15(22)17(24)25)20-16(23)14(19-11(3)21)8-12-5-4-6-18-9-12/h4-6,9-10,13-14,24-25H,7-8H2,1-3H3,(H,19,21)(H,20,23)/t13-,14-/m0/s1. The summed E-state index contributed by atoms with van der Waals surface area (Å²) in [6.45, 7) is 4.98. The fourth-order valence-electron chi connectivity index (χ4n) is 2.38. The molecule has 0 saturated carbocycles. The van der Waals surface area contributed by atoms with Gasteiger partial charge in [-0.2, -0.15) is 0 Å². The quantitative estimate of drug-likeness (QED) is 0.434. The first kappa shape index (κ1) is 20.8. The van der Waals surface area contributed by atoms with Gasteiger partial charge in [0.05, 0.1) is 6.04 Å². The molecule has 0 spiro atoms. The van der Waals surface area contributed by atoms with Crippen molar-refractivity contribution in [2.45, 2.75) is 45.7 Å². The van der Waals surface area contributed by atoms with Crippen molar-refractivity contribution in [2.75, 3.05) is 0 Å². The van der Waals surface area contributed by atoms with Crippen molar-refractivity contribution in [1.82, 2.24) is 15.6 Å². The van der Waals surface area contributed by atoms with Gasteiger partial charge in [-0.25, -0.2) is 0 Å². The highest BCUT2D eigenvalue weighted by Gasteiger charge is 2.32. The van der Waals surface area contributed by atoms with E-state index in [1.54, 1.807) is 24.5 Å². The van der Waals surface area contributed by atoms with Gasteiger partial charge in [0.1, 0.15) is 6.04 Å². The van der Waals surface area contributed by atoms with Gasteiger partial charge in [-0.15, -0.1) is 0 Å². The number of nitrogens with zero attached hydrogens (tertiary/aromatic N) is 1. The molecule has 0 saturated heterocycles. The maximum Gasteiger partial charge on any atom is 0.529 e. The molecule has 0 aliphatic carbocycles. The normalized spacial score (nSPS) is 13.0. The number of nitrogens with one attached hydrogen (secondary N) is 2. The van der Waals surface area contributed by atoms with Gasteiger partial charge in [0, 0.05) is 25.7 Å². The van der Waals surface area contributed by atoms with E-state index in [4.69, 9.17) is 10.0 Å². The van der Waals surface area contributed by atoms with Crippen LogP contribution >= 0.6 is 0 Å². The molecule has 9 heteroatoms. The lowest BCUT2D eigenvalue weighted by Gasteiger charge is -2.23. The van der Waals surface area contributed by atoms with Crippen molar-refractivity contribution < 1.29 is 24.4 Å². The summed E-state index contributed by atoms with van der Waals surface area (Å²) in [5.41, 5.74) is -0.143. The maximum absolute atomic E-state index is 12.5. The number of hydrogen-bond donors (Lipinski definition) is 4. The van der Waals surface area contributed by atoms with Crippen molar-refractivity contribution >= 4 is 24.6 Å². The average Bonchev–Trinajstić information content (AvgIpc) is 2.52. The first-order chi connectivity index (χ1) is 11.7. The summed E-state index contributed by atoms with van der Waals surface area (Å²) >= 11 is 0. The first-order valence-electron chi connectivity index (χ1n) is 8.07. The van der Waals surface area contributed by atoms with Crippen LogP contribution in [-0.4, -0.2) is 51.7 Å². The lowest BCUT2D eigenvalue weighted by Crippen LogP contribution is -2.54. The Bertz CT molecular complexity index is 595. The zero-order valence-electron chi connectivity index (χ0n) is 14.6. The molecular formula is C16H24BN3O5. The molecule has 136 valence electrons. The number of aromatic nitrogens is 1. The number of rotatable bonds is 9. The minimum atomic E-state index is -2.17. The molecule has 0 fully saturated rings. The summed E-state index contributed by atoms with van der Waals surface area (Å²) in [6.07, 6.45) is 3.62. The van der Waals surface area contributed by atoms with Crippen molar-refractivity contribution in [3.05, 3.63) is 30.1 Å². The van der Waals surface area contributed by atoms with Crippen LogP contribution in [0.4, 0.5) is 0 Å². The summed E-state index contributed by atoms with van der Waals surface area (Å²) < 4.78 is 0. The van der Waals surface area contributed by atoms with Gasteiger partial charge < -0.3 is 25.5 Å². The Kier molecular flexibility index (Phi) is 8.23. The molecule has 0 radical (unpaired) electrons. The largest absolute Gasteiger partial charge is 0.529 e. The van der Waals surface area contributed by atoms with Gasteiger partial charge in [-0.05, 0) is 24.0 Å². The van der Waals surface area contributed by atoms with Crippen LogP contribution < -0.4 is 10.6 Å². The van der Waals surface area contributed by atoms with Gasteiger partial charge >= 0.3 is 7.12 Å². The molecule has 1 aromatic heterocycles. The summed E-state index contributed by atoms with van der Waals surface area (Å²) in [4.78, 5) is 39.8. The minimum absolute atomic E-state index is 0.0468. The SMILES string of the molecule is CC(=O)N[C@@H](Cc1cccnc1)C(=O)N[C@@H](CC(C)C)C(=O)B(O)O. The van der Waals surface area contributed by atoms with E-state index in [1.807, 2.05) is 13.8 Å². The van der Waals surface area contributed by atoms with E-state index in [-0.39, 0.29) is 18.8 Å². The van der Waals surface area contributed by atoms with E-state index in [0.717, 1.165) is 5.56 Å². The van der Waals surface area contributed by atoms with Crippen LogP contribution in [-0.2, 0) is 20.8 Å². The molecule has 0 unspecified atom stereocenters. The molecule has 1 heterocycles. The predicted molar refractivity (Wildman–Crippen MR) is 92.1 cm³/mol. The van der Waals surface area contributed by atoms with Gasteiger partial charge in [-0.1, -0.05) is 19.9 Å². The zero-order chi connectivity index (χ0) is 19.0. The van der Waals surface area contributed by atoms with Crippen LogP contribution in [0.15, 0.2) is 24.5 Å². The molecular weight excluding hydrogens is 325 g/mol. The van der Waals surface area contributed by atoms with Gasteiger partial charge in [0.15, 0.2) is 5.68 Å². The van der Waals surface area contributed by atoms with E-state index >= 15 is 0 Å². The van der Waals surface area contributed by atoms with Gasteiger partial charge in [0.2, 0.25) is 11.8 Å². The molecule has 2 atom stereocenters. The van der Waals surface area contributed by atoms with Crippen molar-refractivity contribution in [1.29, 1.82) is 0 Å². The fourth-order valence-corrected chi connectivity index (χ4v) is 2.38. The van der Waals surface area contributed by atoms with Crippen LogP contribution in [0.5, 0.6) is 0 Å². The minimum Gasteiger partial charge on any atom is -0.421 e. The zero-order valence-corrected chi connectivity index (χ0v) is 14.6. The van der Waals surface area contributed by atoms with Crippen molar-refractivity contribution in [3.8, 4) is 0 Å². The second-order valence-corrected chi connectivity index (χ2v) is 6.29. The van der Waals surface area contributed by atoms with Crippen LogP contribution in [0.2, 0.25) is 0 Å². The monoisotopic (exact) mass is 349 g/mol. The lowest BCUT2D eigenvalue weighted by molar-refractivity contribution is -0.130. The Morgan fingerprint density at radius 2 is 1.88 bits per heavy atom. The second-order valence-electron chi connectivity index (χ2n) is 6.29. The molecule has 2 amide bonds. The molecule has 1 rings (SSSR count). The van der Waals surface area contributed by atoms with Gasteiger partial charge in [0.25, 0.3) is 0 Å². The number of carbonyl (C=O) groups excluding carboxylic acids is 3. The highest BCUT2D eigenvalue weighted by Crippen LogP contribution is 2.08. The summed E-state index contributed by atoms with van der Waals surface area (Å²) in [5, 5.41) is 23.3. The van der Waals surface area contributed by atoms with E-state index in [0.29, 0.717) is 0 Å². The van der Waals surface area contributed by atoms with Crippen LogP contribution in [0.1, 0.15) is 32.8 Å². The summed E-state index contributed by atoms with van der Waals surface area (Å²) in [5.74, 6) is -0.915. The topological polar surface area (TPSA) is 129 Å². The number of carbonyl (C=O) groups is 3. The van der Waals surface area contributed by atoms with Crippen LogP contribution in [0.3, 0.4) is 0 Å². The first-order valence-corrected chi connectivity index (χ1v) is 8.07. The maximum atomic E-state index is 12.5. The smallest absolute Gasteiger partial charge is 0.421 e. The van der Waals surface area contributed by atoms with Gasteiger partial charge in [-0.3, -0.25) is 14.6 Å². The van der Waals surface area contributed by atoms with Crippen molar-refractivity contribution in [2.24, 2.45) is 5.92 Å². The molecule has 25 heavy (non-hydrogen) atoms. The number of pyridine rings is 1. The molecule has 0 aromatic carbocycles. The Hall–Kier alpha value is -2.26. The third-order valence-corrected chi connectivity index (χ3v) is 3.48. The van der Waals surface area contributed by atoms with Crippen molar-refractivity contribution in [3.63, 3.8) is 0 Å². The Labute approximate surface area is 147 Å². The highest BCUT2D eigenvalue weighted by atomic mass is 16.4. The number of hydrogen-bond acceptors (Lipinski definition) is 6. The van der Waals surface area contributed by atoms with Crippen LogP contribution in [0.25, 0.3) is 0 Å². The van der Waals surface area contributed by atoms with E-state index in [9.17, 15) is 14.4 Å². The molecule has 0 aliphatic rings. The van der Waals surface area contributed by atoms with E-state index < -0.39 is 36.7 Å². The summed E-state index contributed by atoms with van der Waals surface area (Å²) in [7, 11) is -2.17. The third-order valence-electron chi connectivity index (χ3n) is 3.48. The molecule has 0 aliphatic heterocycles. The molecule has 4 N–H and O–H groups in total. The Balaban J connectivity index is 2.90. The fraction of sp³-hybridized carbons (Fsp3) is 0.500. The predicted octanol–water partition coefficient (Wildman–Crippen LogP) is -0.759. The molecule has 0 bridgehead atoms. The highest BCUT2D eigenvalue weighted by molar-refractivity contribution is 6.79. The number of amides is 2.